The summed E-state index contributed by atoms with van der Waals surface area (Å²) in [6, 6.07) is 3.89. The highest BCUT2D eigenvalue weighted by molar-refractivity contribution is 5.92. The highest BCUT2D eigenvalue weighted by Crippen LogP contribution is 2.28. The Morgan fingerprint density at radius 3 is 2.24 bits per heavy atom. The van der Waals surface area contributed by atoms with Crippen molar-refractivity contribution in [1.29, 1.82) is 0 Å². The van der Waals surface area contributed by atoms with Crippen molar-refractivity contribution >= 4 is 17.9 Å². The van der Waals surface area contributed by atoms with Crippen LogP contribution in [0.3, 0.4) is 0 Å². The van der Waals surface area contributed by atoms with Crippen LogP contribution in [0.15, 0.2) is 30.9 Å². The van der Waals surface area contributed by atoms with Gasteiger partial charge in [0.1, 0.15) is 17.7 Å². The first-order valence-electron chi connectivity index (χ1n) is 12.0. The lowest BCUT2D eigenvalue weighted by Gasteiger charge is -2.36. The fourth-order valence-electron chi connectivity index (χ4n) is 3.64. The topological polar surface area (TPSA) is 87.7 Å². The lowest BCUT2D eigenvalue weighted by atomic mass is 9.93. The van der Waals surface area contributed by atoms with Gasteiger partial charge in [-0.2, -0.15) is 0 Å². The van der Waals surface area contributed by atoms with E-state index in [-0.39, 0.29) is 30.3 Å². The Hall–Kier alpha value is -2.83. The third-order valence-corrected chi connectivity index (χ3v) is 5.69. The second-order valence-electron chi connectivity index (χ2n) is 10.1. The van der Waals surface area contributed by atoms with Crippen LogP contribution in [0.1, 0.15) is 77.6 Å². The lowest BCUT2D eigenvalue weighted by Crippen LogP contribution is -2.55. The number of nitrogens with zero attached hydrogens (tertiary/aromatic N) is 1. The number of rotatable bonds is 10. The van der Waals surface area contributed by atoms with Gasteiger partial charge in [0.15, 0.2) is 0 Å². The lowest BCUT2D eigenvalue weighted by molar-refractivity contribution is -0.143. The van der Waals surface area contributed by atoms with Crippen molar-refractivity contribution in [2.45, 2.75) is 92.5 Å². The number of alkyl carbamates (subject to hydrolysis) is 1. The van der Waals surface area contributed by atoms with E-state index < -0.39 is 23.8 Å². The second kappa shape index (κ2) is 12.6. The predicted molar refractivity (Wildman–Crippen MR) is 136 cm³/mol. The minimum atomic E-state index is -0.875. The first-order chi connectivity index (χ1) is 15.7. The van der Waals surface area contributed by atoms with Crippen molar-refractivity contribution < 1.29 is 19.1 Å². The quantitative estimate of drug-likeness (QED) is 0.477. The number of hydrogen-bond acceptors (Lipinski definition) is 4. The molecule has 1 aromatic carbocycles. The minimum Gasteiger partial charge on any atom is -0.444 e. The molecule has 0 aromatic heterocycles. The number of ether oxygens (including phenoxy) is 1. The average Bonchev–Trinajstić information content (AvgIpc) is 2.71. The maximum Gasteiger partial charge on any atom is 0.408 e. The van der Waals surface area contributed by atoms with Gasteiger partial charge in [-0.15, -0.1) is 6.58 Å². The Bertz CT molecular complexity index is 873. The molecule has 0 fully saturated rings. The van der Waals surface area contributed by atoms with Gasteiger partial charge in [-0.1, -0.05) is 44.5 Å². The Balaban J connectivity index is 3.54. The standard InChI is InChI=1S/C27H43N3O4/c1-11-16-30(25(32)22(18(5)12-2)29-26(33)34-27(8,9)10)23(24(31)28-17(3)4)21-15-13-14-19(6)20(21)7/h11,13-15,17-18,22-23H,1,12,16H2,2-10H3,(H,28,31)(H,29,33). The maximum absolute atomic E-state index is 14.0. The Morgan fingerprint density at radius 1 is 1.12 bits per heavy atom. The molecule has 0 spiro atoms. The van der Waals surface area contributed by atoms with Gasteiger partial charge in [0, 0.05) is 12.6 Å². The Labute approximate surface area is 205 Å². The van der Waals surface area contributed by atoms with Crippen molar-refractivity contribution in [2.24, 2.45) is 5.92 Å². The molecular weight excluding hydrogens is 430 g/mol. The Morgan fingerprint density at radius 2 is 1.74 bits per heavy atom. The van der Waals surface area contributed by atoms with Crippen LogP contribution in [0.5, 0.6) is 0 Å². The van der Waals surface area contributed by atoms with Crippen molar-refractivity contribution in [3.05, 3.63) is 47.5 Å². The van der Waals surface area contributed by atoms with Gasteiger partial charge in [-0.3, -0.25) is 9.59 Å². The molecule has 7 nitrogen and oxygen atoms in total. The van der Waals surface area contributed by atoms with E-state index in [4.69, 9.17) is 4.74 Å². The predicted octanol–water partition coefficient (Wildman–Crippen LogP) is 4.82. The van der Waals surface area contributed by atoms with Gasteiger partial charge in [0.05, 0.1) is 0 Å². The smallest absolute Gasteiger partial charge is 0.408 e. The maximum atomic E-state index is 14.0. The molecule has 3 amide bonds. The van der Waals surface area contributed by atoms with Crippen LogP contribution >= 0.6 is 0 Å². The molecule has 7 heteroatoms. The molecule has 0 bridgehead atoms. The average molecular weight is 474 g/mol. The molecule has 0 radical (unpaired) electrons. The van der Waals surface area contributed by atoms with Crippen molar-refractivity contribution in [1.82, 2.24) is 15.5 Å². The zero-order valence-corrected chi connectivity index (χ0v) is 22.3. The first kappa shape index (κ1) is 29.2. The summed E-state index contributed by atoms with van der Waals surface area (Å²) in [6.07, 6.45) is 1.58. The highest BCUT2D eigenvalue weighted by Gasteiger charge is 2.38. The van der Waals surface area contributed by atoms with Crippen molar-refractivity contribution in [3.63, 3.8) is 0 Å². The summed E-state index contributed by atoms with van der Waals surface area (Å²) in [5.74, 6) is -0.816. The molecule has 0 aliphatic carbocycles. The van der Waals surface area contributed by atoms with Crippen molar-refractivity contribution in [3.8, 4) is 0 Å². The molecule has 1 aromatic rings. The van der Waals surface area contributed by atoms with Crippen LogP contribution in [0.2, 0.25) is 0 Å². The monoisotopic (exact) mass is 473 g/mol. The number of benzene rings is 1. The van der Waals surface area contributed by atoms with E-state index in [1.54, 1.807) is 26.8 Å². The van der Waals surface area contributed by atoms with Gasteiger partial charge in [0.2, 0.25) is 11.8 Å². The number of carbonyl (C=O) groups excluding carboxylic acids is 3. The normalized spacial score (nSPS) is 14.1. The molecule has 3 unspecified atom stereocenters. The minimum absolute atomic E-state index is 0.106. The molecule has 0 saturated carbocycles. The molecule has 0 heterocycles. The first-order valence-corrected chi connectivity index (χ1v) is 12.0. The van der Waals surface area contributed by atoms with Crippen LogP contribution in [0, 0.1) is 19.8 Å². The molecule has 0 aliphatic heterocycles. The number of carbonyl (C=O) groups is 3. The van der Waals surface area contributed by atoms with E-state index in [0.717, 1.165) is 16.7 Å². The van der Waals surface area contributed by atoms with E-state index in [2.05, 4.69) is 17.2 Å². The van der Waals surface area contributed by atoms with E-state index >= 15 is 0 Å². The van der Waals surface area contributed by atoms with E-state index in [9.17, 15) is 14.4 Å². The highest BCUT2D eigenvalue weighted by atomic mass is 16.6. The third-order valence-electron chi connectivity index (χ3n) is 5.69. The Kier molecular flexibility index (Phi) is 10.8. The van der Waals surface area contributed by atoms with Crippen molar-refractivity contribution in [2.75, 3.05) is 6.54 Å². The summed E-state index contributed by atoms with van der Waals surface area (Å²) in [4.78, 5) is 41.5. The molecule has 190 valence electrons. The number of nitrogens with one attached hydrogen (secondary N) is 2. The van der Waals surface area contributed by atoms with Crippen LogP contribution < -0.4 is 10.6 Å². The van der Waals surface area contributed by atoms with Crippen LogP contribution in [-0.2, 0) is 14.3 Å². The molecule has 1 rings (SSSR count). The number of amides is 3. The van der Waals surface area contributed by atoms with Gasteiger partial charge >= 0.3 is 6.09 Å². The van der Waals surface area contributed by atoms with Crippen LogP contribution in [0.25, 0.3) is 0 Å². The van der Waals surface area contributed by atoms with Gasteiger partial charge in [-0.25, -0.2) is 4.79 Å². The second-order valence-corrected chi connectivity index (χ2v) is 10.1. The number of aryl methyl sites for hydroxylation is 1. The zero-order chi connectivity index (χ0) is 26.2. The van der Waals surface area contributed by atoms with Crippen LogP contribution in [-0.4, -0.2) is 47.0 Å². The summed E-state index contributed by atoms with van der Waals surface area (Å²) in [5.41, 5.74) is 2.00. The molecule has 34 heavy (non-hydrogen) atoms. The zero-order valence-electron chi connectivity index (χ0n) is 22.3. The van der Waals surface area contributed by atoms with Gasteiger partial charge < -0.3 is 20.3 Å². The van der Waals surface area contributed by atoms with Crippen LogP contribution in [0.4, 0.5) is 4.79 Å². The van der Waals surface area contributed by atoms with E-state index in [0.29, 0.717) is 6.42 Å². The SMILES string of the molecule is C=CCN(C(=O)C(NC(=O)OC(C)(C)C)C(C)CC)C(C(=O)NC(C)C)c1cccc(C)c1C. The molecule has 2 N–H and O–H groups in total. The molecule has 0 aliphatic rings. The fraction of sp³-hybridized carbons (Fsp3) is 0.593. The van der Waals surface area contributed by atoms with E-state index in [1.165, 1.54) is 4.90 Å². The van der Waals surface area contributed by atoms with E-state index in [1.807, 2.05) is 59.7 Å². The summed E-state index contributed by atoms with van der Waals surface area (Å²) in [5, 5.41) is 5.71. The van der Waals surface area contributed by atoms with Gasteiger partial charge in [-0.05, 0) is 71.1 Å². The summed E-state index contributed by atoms with van der Waals surface area (Å²) < 4.78 is 5.41. The molecule has 0 saturated heterocycles. The third kappa shape index (κ3) is 8.19. The molecular formula is C27H43N3O4. The summed E-state index contributed by atoms with van der Waals surface area (Å²) in [6.45, 7) is 20.8. The van der Waals surface area contributed by atoms with Gasteiger partial charge in [0.25, 0.3) is 0 Å². The molecule has 3 atom stereocenters. The summed E-state index contributed by atoms with van der Waals surface area (Å²) in [7, 11) is 0. The number of hydrogen-bond donors (Lipinski definition) is 2. The largest absolute Gasteiger partial charge is 0.444 e. The fourth-order valence-corrected chi connectivity index (χ4v) is 3.64. The summed E-state index contributed by atoms with van der Waals surface area (Å²) >= 11 is 0.